The highest BCUT2D eigenvalue weighted by molar-refractivity contribution is 5.85. The third-order valence-corrected chi connectivity index (χ3v) is 10.00. The number of hydrogen-bond acceptors (Lipinski definition) is 4. The molecule has 1 heterocycles. The molecule has 0 aromatic heterocycles. The lowest BCUT2D eigenvalue weighted by Crippen LogP contribution is -2.66. The fraction of sp³-hybridized carbons (Fsp3) is 0.870. The molecule has 4 aliphatic carbocycles. The number of carbonyl (C=O) groups is 1. The van der Waals surface area contributed by atoms with E-state index in [2.05, 4.69) is 13.8 Å². The largest absolute Gasteiger partial charge is 0.458 e. The maximum absolute atomic E-state index is 12.1. The first-order valence-electron chi connectivity index (χ1n) is 11.1. The molecule has 0 amide bonds. The molecule has 0 aromatic rings. The van der Waals surface area contributed by atoms with Gasteiger partial charge in [-0.25, -0.2) is 4.79 Å². The van der Waals surface area contributed by atoms with Crippen LogP contribution in [0.25, 0.3) is 0 Å². The van der Waals surface area contributed by atoms with Gasteiger partial charge in [0.2, 0.25) is 0 Å². The average molecular weight is 375 g/mol. The van der Waals surface area contributed by atoms with E-state index in [1.165, 1.54) is 32.1 Å². The first-order chi connectivity index (χ1) is 12.8. The molecular weight excluding hydrogens is 340 g/mol. The van der Waals surface area contributed by atoms with Crippen molar-refractivity contribution in [1.82, 2.24) is 0 Å². The summed E-state index contributed by atoms with van der Waals surface area (Å²) in [6.45, 7) is 4.87. The van der Waals surface area contributed by atoms with Crippen LogP contribution >= 0.6 is 0 Å². The highest BCUT2D eigenvalue weighted by atomic mass is 16.5. The zero-order valence-corrected chi connectivity index (χ0v) is 16.7. The topological polar surface area (TPSA) is 66.8 Å². The third kappa shape index (κ3) is 2.20. The first kappa shape index (κ1) is 18.2. The van der Waals surface area contributed by atoms with Gasteiger partial charge in [-0.05, 0) is 79.6 Å². The Kier molecular flexibility index (Phi) is 3.92. The molecule has 27 heavy (non-hydrogen) atoms. The van der Waals surface area contributed by atoms with E-state index in [1.807, 2.05) is 0 Å². The summed E-state index contributed by atoms with van der Waals surface area (Å²) in [6, 6.07) is 0. The molecule has 4 heteroatoms. The summed E-state index contributed by atoms with van der Waals surface area (Å²) in [6.07, 6.45) is 11.0. The Morgan fingerprint density at radius 2 is 1.89 bits per heavy atom. The number of esters is 1. The fourth-order valence-electron chi connectivity index (χ4n) is 8.43. The maximum atomic E-state index is 12.1. The van der Waals surface area contributed by atoms with E-state index in [0.29, 0.717) is 12.5 Å². The van der Waals surface area contributed by atoms with Crippen molar-refractivity contribution < 1.29 is 19.7 Å². The minimum atomic E-state index is -0.835. The molecule has 5 rings (SSSR count). The summed E-state index contributed by atoms with van der Waals surface area (Å²) in [5.74, 6) is 1.21. The van der Waals surface area contributed by atoms with Crippen LogP contribution in [0.15, 0.2) is 11.6 Å². The molecule has 0 aromatic carbocycles. The quantitative estimate of drug-likeness (QED) is 0.688. The van der Waals surface area contributed by atoms with Crippen molar-refractivity contribution in [2.75, 3.05) is 6.61 Å². The monoisotopic (exact) mass is 374 g/mol. The second-order valence-corrected chi connectivity index (χ2v) is 10.6. The number of rotatable bonds is 1. The van der Waals surface area contributed by atoms with Crippen molar-refractivity contribution in [3.63, 3.8) is 0 Å². The molecule has 5 aliphatic rings. The predicted molar refractivity (Wildman–Crippen MR) is 102 cm³/mol. The molecular formula is C23H34O4. The summed E-state index contributed by atoms with van der Waals surface area (Å²) in [4.78, 5) is 11.6. The van der Waals surface area contributed by atoms with Gasteiger partial charge in [-0.1, -0.05) is 26.7 Å². The minimum absolute atomic E-state index is 0.0433. The van der Waals surface area contributed by atoms with Gasteiger partial charge in [0.25, 0.3) is 0 Å². The van der Waals surface area contributed by atoms with E-state index in [9.17, 15) is 15.0 Å². The highest BCUT2D eigenvalue weighted by Gasteiger charge is 2.70. The van der Waals surface area contributed by atoms with E-state index < -0.39 is 17.1 Å². The lowest BCUT2D eigenvalue weighted by Gasteiger charge is -2.64. The van der Waals surface area contributed by atoms with Gasteiger partial charge in [0.1, 0.15) is 6.61 Å². The minimum Gasteiger partial charge on any atom is -0.458 e. The molecule has 1 aliphatic heterocycles. The van der Waals surface area contributed by atoms with E-state index >= 15 is 0 Å². The number of hydrogen-bond donors (Lipinski definition) is 2. The van der Waals surface area contributed by atoms with Crippen molar-refractivity contribution in [2.45, 2.75) is 83.3 Å². The molecule has 150 valence electrons. The number of aliphatic hydroxyl groups is 2. The molecule has 0 spiro atoms. The van der Waals surface area contributed by atoms with Gasteiger partial charge in [0.15, 0.2) is 0 Å². The van der Waals surface area contributed by atoms with E-state index in [0.717, 1.165) is 37.2 Å². The zero-order valence-electron chi connectivity index (χ0n) is 16.7. The Hall–Kier alpha value is -0.870. The molecule has 4 fully saturated rings. The van der Waals surface area contributed by atoms with E-state index in [1.54, 1.807) is 6.08 Å². The Labute approximate surface area is 162 Å². The summed E-state index contributed by atoms with van der Waals surface area (Å²) in [7, 11) is 0. The summed E-state index contributed by atoms with van der Waals surface area (Å²) in [5, 5.41) is 23.6. The van der Waals surface area contributed by atoms with Crippen molar-refractivity contribution in [3.8, 4) is 0 Å². The normalized spacial score (nSPS) is 54.6. The second-order valence-electron chi connectivity index (χ2n) is 10.6. The van der Waals surface area contributed by atoms with E-state index in [4.69, 9.17) is 4.74 Å². The van der Waals surface area contributed by atoms with Gasteiger partial charge in [-0.2, -0.15) is 0 Å². The molecule has 2 unspecified atom stereocenters. The van der Waals surface area contributed by atoms with Gasteiger partial charge < -0.3 is 14.9 Å². The maximum Gasteiger partial charge on any atom is 0.331 e. The zero-order chi connectivity index (χ0) is 19.0. The van der Waals surface area contributed by atoms with Gasteiger partial charge in [0, 0.05) is 11.5 Å². The lowest BCUT2D eigenvalue weighted by molar-refractivity contribution is -0.242. The van der Waals surface area contributed by atoms with Gasteiger partial charge in [-0.3, -0.25) is 0 Å². The molecule has 2 N–H and O–H groups in total. The van der Waals surface area contributed by atoms with Crippen molar-refractivity contribution >= 4 is 5.97 Å². The van der Waals surface area contributed by atoms with Crippen LogP contribution in [-0.2, 0) is 9.53 Å². The Morgan fingerprint density at radius 1 is 1.07 bits per heavy atom. The molecule has 4 nitrogen and oxygen atoms in total. The highest BCUT2D eigenvalue weighted by Crippen LogP contribution is 2.69. The molecule has 0 bridgehead atoms. The van der Waals surface area contributed by atoms with Crippen LogP contribution < -0.4 is 0 Å². The predicted octanol–water partition coefficient (Wildman–Crippen LogP) is 3.60. The van der Waals surface area contributed by atoms with Crippen LogP contribution in [-0.4, -0.2) is 34.5 Å². The van der Waals surface area contributed by atoms with Crippen LogP contribution in [0.1, 0.15) is 71.6 Å². The van der Waals surface area contributed by atoms with Crippen molar-refractivity contribution in [2.24, 2.45) is 34.5 Å². The van der Waals surface area contributed by atoms with Gasteiger partial charge in [0.05, 0.1) is 11.7 Å². The smallest absolute Gasteiger partial charge is 0.331 e. The van der Waals surface area contributed by atoms with Crippen LogP contribution in [0.2, 0.25) is 0 Å². The van der Waals surface area contributed by atoms with Crippen molar-refractivity contribution in [3.05, 3.63) is 11.6 Å². The second kappa shape index (κ2) is 5.82. The first-order valence-corrected chi connectivity index (χ1v) is 11.1. The summed E-state index contributed by atoms with van der Waals surface area (Å²) >= 11 is 0. The Balaban J connectivity index is 1.53. The molecule has 4 saturated carbocycles. The average Bonchev–Trinajstić information content (AvgIpc) is 3.18. The van der Waals surface area contributed by atoms with Crippen LogP contribution in [0.4, 0.5) is 0 Å². The van der Waals surface area contributed by atoms with Crippen LogP contribution in [0.3, 0.4) is 0 Å². The molecule has 0 saturated heterocycles. The third-order valence-electron chi connectivity index (χ3n) is 10.00. The van der Waals surface area contributed by atoms with Gasteiger partial charge in [-0.15, -0.1) is 0 Å². The number of aliphatic hydroxyl groups excluding tert-OH is 1. The Bertz CT molecular complexity index is 686. The number of carbonyl (C=O) groups excluding carboxylic acids is 1. The molecule has 0 radical (unpaired) electrons. The van der Waals surface area contributed by atoms with Crippen LogP contribution in [0.5, 0.6) is 0 Å². The standard InChI is InChI=1S/C23H34O4/c1-21-9-4-3-5-15(21)6-7-17-18(21)12-19(24)22(2)16(8-10-23(17,22)26)14-11-20(25)27-13-14/h11,15-19,24,26H,3-10,12-13H2,1-2H3/t15-,16+,17+,18?,19+,21-,22-,23?/m0/s1. The van der Waals surface area contributed by atoms with Crippen LogP contribution in [0, 0.1) is 34.5 Å². The number of ether oxygens (including phenoxy) is 1. The summed E-state index contributed by atoms with van der Waals surface area (Å²) < 4.78 is 5.17. The number of fused-ring (bicyclic) bond motifs is 5. The van der Waals surface area contributed by atoms with E-state index in [-0.39, 0.29) is 23.2 Å². The fourth-order valence-corrected chi connectivity index (χ4v) is 8.43. The number of cyclic esters (lactones) is 1. The van der Waals surface area contributed by atoms with Crippen molar-refractivity contribution in [1.29, 1.82) is 0 Å². The van der Waals surface area contributed by atoms with Gasteiger partial charge >= 0.3 is 5.97 Å². The Morgan fingerprint density at radius 3 is 2.63 bits per heavy atom. The summed E-state index contributed by atoms with van der Waals surface area (Å²) in [5.41, 5.74) is -0.166. The molecule has 8 atom stereocenters. The SMILES string of the molecule is C[C@]12[C@H](O)CC3[C@@H](CC[C@@H]4CCCC[C@]34C)C1(O)CC[C@@H]2C1=CC(=O)OC1. The lowest BCUT2D eigenvalue weighted by atomic mass is 9.42.